The first kappa shape index (κ1) is 15.6. The molecular weight excluding hydrogens is 288 g/mol. The van der Waals surface area contributed by atoms with E-state index in [-0.39, 0.29) is 10.6 Å². The van der Waals surface area contributed by atoms with Gasteiger partial charge in [0.15, 0.2) is 0 Å². The lowest BCUT2D eigenvalue weighted by Crippen LogP contribution is -1.99. The van der Waals surface area contributed by atoms with Crippen molar-refractivity contribution >= 4 is 28.3 Å². The van der Waals surface area contributed by atoms with E-state index in [0.29, 0.717) is 6.61 Å². The molecular formula is C17H19ClO3. The van der Waals surface area contributed by atoms with Crippen LogP contribution in [-0.2, 0) is 0 Å². The van der Waals surface area contributed by atoms with Crippen LogP contribution >= 0.6 is 11.6 Å². The highest BCUT2D eigenvalue weighted by Gasteiger charge is 2.11. The number of halogens is 1. The van der Waals surface area contributed by atoms with Gasteiger partial charge in [0.25, 0.3) is 0 Å². The summed E-state index contributed by atoms with van der Waals surface area (Å²) in [4.78, 5) is 11.1. The summed E-state index contributed by atoms with van der Waals surface area (Å²) in [5.41, 5.74) is 0.123. The van der Waals surface area contributed by atoms with Crippen molar-refractivity contribution in [2.24, 2.45) is 0 Å². The van der Waals surface area contributed by atoms with E-state index >= 15 is 0 Å². The monoisotopic (exact) mass is 306 g/mol. The minimum Gasteiger partial charge on any atom is -0.494 e. The zero-order valence-electron chi connectivity index (χ0n) is 12.1. The number of rotatable bonds is 7. The molecule has 0 bridgehead atoms. The zero-order chi connectivity index (χ0) is 15.2. The molecule has 0 fully saturated rings. The lowest BCUT2D eigenvalue weighted by atomic mass is 10.1. The van der Waals surface area contributed by atoms with Gasteiger partial charge in [-0.15, -0.1) is 0 Å². The molecule has 0 aliphatic rings. The second-order valence-electron chi connectivity index (χ2n) is 5.02. The third kappa shape index (κ3) is 3.88. The van der Waals surface area contributed by atoms with Crippen LogP contribution in [0.15, 0.2) is 30.3 Å². The molecule has 112 valence electrons. The average molecular weight is 307 g/mol. The van der Waals surface area contributed by atoms with E-state index in [1.54, 1.807) is 6.07 Å². The van der Waals surface area contributed by atoms with Crippen LogP contribution in [0.1, 0.15) is 43.0 Å². The predicted octanol–water partition coefficient (Wildman–Crippen LogP) is 5.15. The van der Waals surface area contributed by atoms with Gasteiger partial charge in [0, 0.05) is 5.39 Å². The quantitative estimate of drug-likeness (QED) is 0.719. The number of carboxylic acid groups (broad SMARTS) is 1. The summed E-state index contributed by atoms with van der Waals surface area (Å²) in [5.74, 6) is -0.226. The maximum atomic E-state index is 11.1. The molecule has 2 rings (SSSR count). The Morgan fingerprint density at radius 3 is 2.71 bits per heavy atom. The van der Waals surface area contributed by atoms with Gasteiger partial charge in [-0.1, -0.05) is 43.9 Å². The molecule has 0 aliphatic carbocycles. The molecule has 0 unspecified atom stereocenters. The maximum absolute atomic E-state index is 11.1. The van der Waals surface area contributed by atoms with Crippen LogP contribution in [0.4, 0.5) is 0 Å². The molecule has 2 aromatic rings. The van der Waals surface area contributed by atoms with Gasteiger partial charge in [0.05, 0.1) is 17.2 Å². The SMILES string of the molecule is CCCCCCOc1ccc2c(Cl)c(C(=O)O)ccc2c1. The van der Waals surface area contributed by atoms with E-state index in [1.807, 2.05) is 18.2 Å². The molecule has 0 aliphatic heterocycles. The smallest absolute Gasteiger partial charge is 0.337 e. The normalized spacial score (nSPS) is 10.8. The van der Waals surface area contributed by atoms with Crippen molar-refractivity contribution in [3.8, 4) is 5.75 Å². The molecule has 2 aromatic carbocycles. The number of unbranched alkanes of at least 4 members (excludes halogenated alkanes) is 3. The largest absolute Gasteiger partial charge is 0.494 e. The average Bonchev–Trinajstić information content (AvgIpc) is 2.47. The van der Waals surface area contributed by atoms with Crippen molar-refractivity contribution in [2.45, 2.75) is 32.6 Å². The molecule has 0 saturated carbocycles. The number of hydrogen-bond acceptors (Lipinski definition) is 2. The second-order valence-corrected chi connectivity index (χ2v) is 5.40. The minimum atomic E-state index is -1.02. The third-order valence-electron chi connectivity index (χ3n) is 3.42. The number of hydrogen-bond donors (Lipinski definition) is 1. The number of carbonyl (C=O) groups is 1. The molecule has 0 atom stereocenters. The molecule has 0 spiro atoms. The van der Waals surface area contributed by atoms with E-state index in [1.165, 1.54) is 25.3 Å². The fourth-order valence-corrected chi connectivity index (χ4v) is 2.56. The third-order valence-corrected chi connectivity index (χ3v) is 3.83. The van der Waals surface area contributed by atoms with Crippen molar-refractivity contribution in [2.75, 3.05) is 6.61 Å². The van der Waals surface area contributed by atoms with Gasteiger partial charge in [-0.3, -0.25) is 0 Å². The van der Waals surface area contributed by atoms with E-state index in [4.69, 9.17) is 21.4 Å². The van der Waals surface area contributed by atoms with Crippen LogP contribution in [0.25, 0.3) is 10.8 Å². The molecule has 0 radical (unpaired) electrons. The Balaban J connectivity index is 2.12. The van der Waals surface area contributed by atoms with E-state index in [2.05, 4.69) is 6.92 Å². The van der Waals surface area contributed by atoms with Gasteiger partial charge in [0.1, 0.15) is 5.75 Å². The lowest BCUT2D eigenvalue weighted by molar-refractivity contribution is 0.0697. The molecule has 0 heterocycles. The minimum absolute atomic E-state index is 0.123. The molecule has 4 heteroatoms. The molecule has 0 saturated heterocycles. The van der Waals surface area contributed by atoms with Crippen molar-refractivity contribution in [1.29, 1.82) is 0 Å². The fourth-order valence-electron chi connectivity index (χ4n) is 2.24. The number of fused-ring (bicyclic) bond motifs is 1. The standard InChI is InChI=1S/C17H19ClO3/c1-2-3-4-5-10-21-13-7-9-14-12(11-13)6-8-15(16(14)18)17(19)20/h6-9,11H,2-5,10H2,1H3,(H,19,20). The van der Waals surface area contributed by atoms with Gasteiger partial charge in [-0.05, 0) is 36.1 Å². The highest BCUT2D eigenvalue weighted by Crippen LogP contribution is 2.30. The first-order valence-electron chi connectivity index (χ1n) is 7.22. The van der Waals surface area contributed by atoms with Crippen LogP contribution in [0.5, 0.6) is 5.75 Å². The van der Waals surface area contributed by atoms with Gasteiger partial charge in [0.2, 0.25) is 0 Å². The van der Waals surface area contributed by atoms with Gasteiger partial charge in [-0.25, -0.2) is 4.79 Å². The predicted molar refractivity (Wildman–Crippen MR) is 85.6 cm³/mol. The van der Waals surface area contributed by atoms with E-state index in [9.17, 15) is 4.79 Å². The first-order chi connectivity index (χ1) is 10.1. The summed E-state index contributed by atoms with van der Waals surface area (Å²) in [6.45, 7) is 2.88. The molecule has 21 heavy (non-hydrogen) atoms. The summed E-state index contributed by atoms with van der Waals surface area (Å²) in [5, 5.41) is 10.9. The van der Waals surface area contributed by atoms with Crippen LogP contribution in [0.2, 0.25) is 5.02 Å². The number of aromatic carboxylic acids is 1. The second kappa shape index (κ2) is 7.32. The molecule has 1 N–H and O–H groups in total. The number of ether oxygens (including phenoxy) is 1. The summed E-state index contributed by atoms with van der Waals surface area (Å²) in [6.07, 6.45) is 4.66. The summed E-state index contributed by atoms with van der Waals surface area (Å²) in [6, 6.07) is 8.82. The molecule has 0 amide bonds. The van der Waals surface area contributed by atoms with Crippen LogP contribution < -0.4 is 4.74 Å². The zero-order valence-corrected chi connectivity index (χ0v) is 12.8. The highest BCUT2D eigenvalue weighted by molar-refractivity contribution is 6.38. The summed E-state index contributed by atoms with van der Waals surface area (Å²) >= 11 is 6.13. The Bertz CT molecular complexity index is 637. The van der Waals surface area contributed by atoms with Gasteiger partial charge in [-0.2, -0.15) is 0 Å². The van der Waals surface area contributed by atoms with E-state index in [0.717, 1.165) is 22.9 Å². The summed E-state index contributed by atoms with van der Waals surface area (Å²) in [7, 11) is 0. The van der Waals surface area contributed by atoms with Crippen LogP contribution in [0.3, 0.4) is 0 Å². The Labute approximate surface area is 129 Å². The maximum Gasteiger partial charge on any atom is 0.337 e. The first-order valence-corrected chi connectivity index (χ1v) is 7.59. The fraction of sp³-hybridized carbons (Fsp3) is 0.353. The summed E-state index contributed by atoms with van der Waals surface area (Å²) < 4.78 is 5.72. The van der Waals surface area contributed by atoms with E-state index < -0.39 is 5.97 Å². The number of carboxylic acids is 1. The van der Waals surface area contributed by atoms with Crippen LogP contribution in [0, 0.1) is 0 Å². The lowest BCUT2D eigenvalue weighted by Gasteiger charge is -2.09. The van der Waals surface area contributed by atoms with Crippen molar-refractivity contribution < 1.29 is 14.6 Å². The Morgan fingerprint density at radius 2 is 2.00 bits per heavy atom. The Morgan fingerprint density at radius 1 is 1.19 bits per heavy atom. The van der Waals surface area contributed by atoms with Crippen LogP contribution in [-0.4, -0.2) is 17.7 Å². The Hall–Kier alpha value is -1.74. The Kier molecular flexibility index (Phi) is 5.45. The number of benzene rings is 2. The van der Waals surface area contributed by atoms with Crippen molar-refractivity contribution in [3.63, 3.8) is 0 Å². The van der Waals surface area contributed by atoms with Crippen molar-refractivity contribution in [1.82, 2.24) is 0 Å². The molecule has 0 aromatic heterocycles. The van der Waals surface area contributed by atoms with Crippen molar-refractivity contribution in [3.05, 3.63) is 40.9 Å². The van der Waals surface area contributed by atoms with Gasteiger partial charge < -0.3 is 9.84 Å². The molecule has 3 nitrogen and oxygen atoms in total. The topological polar surface area (TPSA) is 46.5 Å². The highest BCUT2D eigenvalue weighted by atomic mass is 35.5. The van der Waals surface area contributed by atoms with Gasteiger partial charge >= 0.3 is 5.97 Å².